The zero-order valence-corrected chi connectivity index (χ0v) is 10.6. The van der Waals surface area contributed by atoms with Crippen LogP contribution in [0.5, 0.6) is 0 Å². The molecule has 2 rings (SSSR count). The molecule has 2 N–H and O–H groups in total. The molecule has 94 valence electrons. The normalized spacial score (nSPS) is 38.8. The minimum atomic E-state index is -0.618. The maximum Gasteiger partial charge on any atom is 0.102 e. The Balaban J connectivity index is 1.84. The number of hydrogen-bond acceptors (Lipinski definition) is 3. The van der Waals surface area contributed by atoms with Crippen LogP contribution in [0.15, 0.2) is 0 Å². The number of aliphatic hydroxyl groups is 1. The number of nitrogens with one attached hydrogen (secondary N) is 1. The average Bonchev–Trinajstić information content (AvgIpc) is 2.64. The SMILES string of the molecule is CC1(C)CCCCC1NCC1(O)CCOC1. The molecule has 1 aliphatic heterocycles. The number of rotatable bonds is 3. The quantitative estimate of drug-likeness (QED) is 0.771. The Bertz CT molecular complexity index is 234. The van der Waals surface area contributed by atoms with Crippen molar-refractivity contribution < 1.29 is 9.84 Å². The lowest BCUT2D eigenvalue weighted by atomic mass is 9.73. The molecule has 0 amide bonds. The fraction of sp³-hybridized carbons (Fsp3) is 1.00. The Kier molecular flexibility index (Phi) is 3.57. The van der Waals surface area contributed by atoms with Gasteiger partial charge in [-0.2, -0.15) is 0 Å². The lowest BCUT2D eigenvalue weighted by Gasteiger charge is -2.40. The van der Waals surface area contributed by atoms with Crippen molar-refractivity contribution in [3.63, 3.8) is 0 Å². The summed E-state index contributed by atoms with van der Waals surface area (Å²) in [7, 11) is 0. The third-order valence-corrected chi connectivity index (χ3v) is 4.27. The summed E-state index contributed by atoms with van der Waals surface area (Å²) in [4.78, 5) is 0. The molecule has 0 bridgehead atoms. The van der Waals surface area contributed by atoms with E-state index in [1.165, 1.54) is 25.7 Å². The molecule has 0 aromatic rings. The molecule has 0 aromatic carbocycles. The van der Waals surface area contributed by atoms with Crippen LogP contribution in [0.3, 0.4) is 0 Å². The Morgan fingerprint density at radius 3 is 2.75 bits per heavy atom. The predicted molar refractivity (Wildman–Crippen MR) is 64.4 cm³/mol. The van der Waals surface area contributed by atoms with Gasteiger partial charge in [0, 0.05) is 25.6 Å². The van der Waals surface area contributed by atoms with E-state index in [9.17, 15) is 5.11 Å². The molecule has 1 heterocycles. The summed E-state index contributed by atoms with van der Waals surface area (Å²) in [5.74, 6) is 0. The Labute approximate surface area is 98.6 Å². The van der Waals surface area contributed by atoms with Gasteiger partial charge in [-0.3, -0.25) is 0 Å². The topological polar surface area (TPSA) is 41.5 Å². The van der Waals surface area contributed by atoms with Crippen molar-refractivity contribution in [2.45, 2.75) is 57.6 Å². The van der Waals surface area contributed by atoms with E-state index in [4.69, 9.17) is 4.74 Å². The lowest BCUT2D eigenvalue weighted by molar-refractivity contribution is 0.0176. The molecule has 2 aliphatic rings. The molecule has 16 heavy (non-hydrogen) atoms. The number of hydrogen-bond donors (Lipinski definition) is 2. The van der Waals surface area contributed by atoms with Crippen molar-refractivity contribution >= 4 is 0 Å². The van der Waals surface area contributed by atoms with E-state index in [1.807, 2.05) is 0 Å². The molecule has 0 radical (unpaired) electrons. The molecule has 1 saturated carbocycles. The summed E-state index contributed by atoms with van der Waals surface area (Å²) in [5, 5.41) is 13.8. The van der Waals surface area contributed by atoms with E-state index < -0.39 is 5.60 Å². The highest BCUT2D eigenvalue weighted by Crippen LogP contribution is 2.35. The maximum absolute atomic E-state index is 10.2. The van der Waals surface area contributed by atoms with Crippen molar-refractivity contribution in [3.8, 4) is 0 Å². The van der Waals surface area contributed by atoms with Crippen LogP contribution in [0.1, 0.15) is 46.0 Å². The Morgan fingerprint density at radius 1 is 1.31 bits per heavy atom. The van der Waals surface area contributed by atoms with Crippen LogP contribution >= 0.6 is 0 Å². The van der Waals surface area contributed by atoms with E-state index in [0.717, 1.165) is 6.42 Å². The zero-order chi connectivity index (χ0) is 11.6. The fourth-order valence-electron chi connectivity index (χ4n) is 2.92. The van der Waals surface area contributed by atoms with Crippen LogP contribution in [0.4, 0.5) is 0 Å². The van der Waals surface area contributed by atoms with Gasteiger partial charge in [-0.05, 0) is 18.3 Å². The second-order valence-electron chi connectivity index (χ2n) is 6.19. The van der Waals surface area contributed by atoms with E-state index in [-0.39, 0.29) is 0 Å². The van der Waals surface area contributed by atoms with Crippen LogP contribution in [-0.2, 0) is 4.74 Å². The second-order valence-corrected chi connectivity index (χ2v) is 6.19. The molecule has 2 unspecified atom stereocenters. The molecular formula is C13H25NO2. The molecule has 3 nitrogen and oxygen atoms in total. The highest BCUT2D eigenvalue weighted by molar-refractivity contribution is 4.92. The molecule has 3 heteroatoms. The van der Waals surface area contributed by atoms with Gasteiger partial charge in [0.25, 0.3) is 0 Å². The number of ether oxygens (including phenoxy) is 1. The summed E-state index contributed by atoms with van der Waals surface area (Å²) < 4.78 is 5.26. The summed E-state index contributed by atoms with van der Waals surface area (Å²) in [5.41, 5.74) is -0.248. The van der Waals surface area contributed by atoms with Crippen LogP contribution < -0.4 is 5.32 Å². The minimum Gasteiger partial charge on any atom is -0.386 e. The van der Waals surface area contributed by atoms with Crippen LogP contribution in [-0.4, -0.2) is 36.5 Å². The van der Waals surface area contributed by atoms with E-state index in [1.54, 1.807) is 0 Å². The minimum absolute atomic E-state index is 0.369. The van der Waals surface area contributed by atoms with E-state index in [0.29, 0.717) is 31.2 Å². The Hall–Kier alpha value is -0.120. The monoisotopic (exact) mass is 227 g/mol. The third-order valence-electron chi connectivity index (χ3n) is 4.27. The molecule has 2 fully saturated rings. The average molecular weight is 227 g/mol. The largest absolute Gasteiger partial charge is 0.386 e. The third kappa shape index (κ3) is 2.76. The van der Waals surface area contributed by atoms with Gasteiger partial charge in [-0.1, -0.05) is 26.7 Å². The molecular weight excluding hydrogens is 202 g/mol. The lowest BCUT2D eigenvalue weighted by Crippen LogP contribution is -2.50. The predicted octanol–water partition coefficient (Wildman–Crippen LogP) is 1.70. The summed E-state index contributed by atoms with van der Waals surface area (Å²) in [6, 6.07) is 0.547. The molecule has 1 aliphatic carbocycles. The van der Waals surface area contributed by atoms with Gasteiger partial charge in [0.1, 0.15) is 5.60 Å². The van der Waals surface area contributed by atoms with Gasteiger partial charge in [0.15, 0.2) is 0 Å². The molecule has 0 aromatic heterocycles. The van der Waals surface area contributed by atoms with Gasteiger partial charge in [-0.15, -0.1) is 0 Å². The van der Waals surface area contributed by atoms with Crippen molar-refractivity contribution in [2.75, 3.05) is 19.8 Å². The van der Waals surface area contributed by atoms with E-state index >= 15 is 0 Å². The first-order valence-electron chi connectivity index (χ1n) is 6.55. The fourth-order valence-corrected chi connectivity index (χ4v) is 2.92. The first-order valence-corrected chi connectivity index (χ1v) is 6.55. The zero-order valence-electron chi connectivity index (χ0n) is 10.6. The van der Waals surface area contributed by atoms with Crippen LogP contribution in [0.25, 0.3) is 0 Å². The van der Waals surface area contributed by atoms with Gasteiger partial charge >= 0.3 is 0 Å². The van der Waals surface area contributed by atoms with E-state index in [2.05, 4.69) is 19.2 Å². The van der Waals surface area contributed by atoms with Crippen molar-refractivity contribution in [1.82, 2.24) is 5.32 Å². The summed E-state index contributed by atoms with van der Waals surface area (Å²) >= 11 is 0. The van der Waals surface area contributed by atoms with Gasteiger partial charge < -0.3 is 15.2 Å². The molecule has 2 atom stereocenters. The summed E-state index contributed by atoms with van der Waals surface area (Å²) in [6.07, 6.45) is 5.96. The van der Waals surface area contributed by atoms with Gasteiger partial charge in [0.2, 0.25) is 0 Å². The highest BCUT2D eigenvalue weighted by Gasteiger charge is 2.36. The van der Waals surface area contributed by atoms with Gasteiger partial charge in [0.05, 0.1) is 6.61 Å². The van der Waals surface area contributed by atoms with Gasteiger partial charge in [-0.25, -0.2) is 0 Å². The Morgan fingerprint density at radius 2 is 2.12 bits per heavy atom. The molecule has 1 saturated heterocycles. The maximum atomic E-state index is 10.2. The van der Waals surface area contributed by atoms with Crippen LogP contribution in [0, 0.1) is 5.41 Å². The van der Waals surface area contributed by atoms with Crippen molar-refractivity contribution in [3.05, 3.63) is 0 Å². The van der Waals surface area contributed by atoms with Crippen LogP contribution in [0.2, 0.25) is 0 Å². The van der Waals surface area contributed by atoms with Crippen molar-refractivity contribution in [2.24, 2.45) is 5.41 Å². The smallest absolute Gasteiger partial charge is 0.102 e. The first kappa shape index (κ1) is 12.3. The first-order chi connectivity index (χ1) is 7.52. The summed E-state index contributed by atoms with van der Waals surface area (Å²) in [6.45, 7) is 6.54. The second kappa shape index (κ2) is 4.63. The standard InChI is InChI=1S/C13H25NO2/c1-12(2)6-4-3-5-11(12)14-9-13(15)7-8-16-10-13/h11,14-15H,3-10H2,1-2H3. The molecule has 0 spiro atoms. The van der Waals surface area contributed by atoms with Crippen molar-refractivity contribution in [1.29, 1.82) is 0 Å². The highest BCUT2D eigenvalue weighted by atomic mass is 16.5.